The monoisotopic (exact) mass is 477 g/mol. The first-order chi connectivity index (χ1) is 17.0. The van der Waals surface area contributed by atoms with Crippen molar-refractivity contribution in [2.75, 3.05) is 34.5 Å². The number of amides is 1. The van der Waals surface area contributed by atoms with Crippen LogP contribution in [0.25, 0.3) is 0 Å². The van der Waals surface area contributed by atoms with E-state index in [4.69, 9.17) is 23.7 Å². The van der Waals surface area contributed by atoms with Crippen LogP contribution in [0.1, 0.15) is 24.1 Å². The van der Waals surface area contributed by atoms with Gasteiger partial charge in [0.25, 0.3) is 5.91 Å². The van der Waals surface area contributed by atoms with Crippen LogP contribution in [0.3, 0.4) is 0 Å². The second-order valence-electron chi connectivity index (χ2n) is 8.24. The Balaban J connectivity index is 1.65. The van der Waals surface area contributed by atoms with Crippen molar-refractivity contribution in [1.82, 2.24) is 4.90 Å². The molecule has 0 aliphatic carbocycles. The molecule has 1 aliphatic rings. The minimum absolute atomic E-state index is 0.108. The van der Waals surface area contributed by atoms with Gasteiger partial charge in [-0.2, -0.15) is 0 Å². The number of ether oxygens (including phenoxy) is 5. The number of methoxy groups -OCH3 is 3. The number of para-hydroxylation sites is 3. The van der Waals surface area contributed by atoms with E-state index in [1.54, 1.807) is 28.3 Å². The maximum absolute atomic E-state index is 13.6. The molecular weight excluding hydrogens is 446 g/mol. The molecule has 184 valence electrons. The van der Waals surface area contributed by atoms with Gasteiger partial charge < -0.3 is 28.6 Å². The molecule has 2 atom stereocenters. The van der Waals surface area contributed by atoms with Crippen LogP contribution in [0.2, 0.25) is 0 Å². The van der Waals surface area contributed by atoms with Crippen molar-refractivity contribution in [1.29, 1.82) is 0 Å². The quantitative estimate of drug-likeness (QED) is 0.446. The Labute approximate surface area is 206 Å². The molecule has 1 heterocycles. The second kappa shape index (κ2) is 11.0. The van der Waals surface area contributed by atoms with Gasteiger partial charge in [-0.1, -0.05) is 30.3 Å². The summed E-state index contributed by atoms with van der Waals surface area (Å²) in [6.07, 6.45) is 0.0258. The van der Waals surface area contributed by atoms with Gasteiger partial charge in [-0.3, -0.25) is 4.79 Å². The van der Waals surface area contributed by atoms with Crippen LogP contribution >= 0.6 is 0 Å². The van der Waals surface area contributed by atoms with E-state index >= 15 is 0 Å². The van der Waals surface area contributed by atoms with Gasteiger partial charge in [0, 0.05) is 6.54 Å². The van der Waals surface area contributed by atoms with Gasteiger partial charge in [0.1, 0.15) is 12.4 Å². The molecular formula is C28H31NO6. The molecule has 7 heteroatoms. The number of rotatable bonds is 9. The predicted octanol–water partition coefficient (Wildman–Crippen LogP) is 4.68. The maximum Gasteiger partial charge on any atom is 0.263 e. The molecule has 3 aromatic carbocycles. The van der Waals surface area contributed by atoms with Gasteiger partial charge >= 0.3 is 0 Å². The highest BCUT2D eigenvalue weighted by molar-refractivity contribution is 5.82. The number of carbonyl (C=O) groups excluding carboxylic acids is 1. The average Bonchev–Trinajstić information content (AvgIpc) is 2.91. The standard InChI is InChI=1S/C28H31NO6/c1-19(35-21-10-6-5-7-11-21)28(30)29-15-14-20-16-26(32-3)27(33-4)17-22(20)23(29)18-34-25-13-9-8-12-24(25)31-2/h5-13,16-17,19,23H,14-15,18H2,1-4H3/t19-,23-/m1/s1. The predicted molar refractivity (Wildman–Crippen MR) is 133 cm³/mol. The Morgan fingerprint density at radius 1 is 0.886 bits per heavy atom. The van der Waals surface area contributed by atoms with E-state index in [-0.39, 0.29) is 18.6 Å². The number of fused-ring (bicyclic) bond motifs is 1. The summed E-state index contributed by atoms with van der Waals surface area (Å²) < 4.78 is 28.6. The zero-order valence-electron chi connectivity index (χ0n) is 20.5. The van der Waals surface area contributed by atoms with E-state index in [0.717, 1.165) is 11.1 Å². The number of carbonyl (C=O) groups is 1. The molecule has 1 amide bonds. The summed E-state index contributed by atoms with van der Waals surface area (Å²) in [4.78, 5) is 15.4. The Hall–Kier alpha value is -3.87. The fourth-order valence-electron chi connectivity index (χ4n) is 4.37. The van der Waals surface area contributed by atoms with Crippen molar-refractivity contribution in [3.8, 4) is 28.7 Å². The lowest BCUT2D eigenvalue weighted by Gasteiger charge is -2.38. The minimum Gasteiger partial charge on any atom is -0.493 e. The van der Waals surface area contributed by atoms with E-state index in [1.807, 2.05) is 71.6 Å². The van der Waals surface area contributed by atoms with Crippen LogP contribution in [0, 0.1) is 0 Å². The van der Waals surface area contributed by atoms with Crippen LogP contribution < -0.4 is 23.7 Å². The molecule has 0 unspecified atom stereocenters. The second-order valence-corrected chi connectivity index (χ2v) is 8.24. The SMILES string of the molecule is COc1cc2c(cc1OC)[C@@H](COc1ccccc1OC)N(C(=O)[C@@H](C)Oc1ccccc1)CC2. The molecule has 0 saturated carbocycles. The Morgan fingerprint density at radius 3 is 2.20 bits per heavy atom. The highest BCUT2D eigenvalue weighted by atomic mass is 16.5. The third-order valence-corrected chi connectivity index (χ3v) is 6.16. The topological polar surface area (TPSA) is 66.5 Å². The molecule has 0 radical (unpaired) electrons. The molecule has 0 aromatic heterocycles. The molecule has 0 bridgehead atoms. The van der Waals surface area contributed by atoms with Crippen LogP contribution in [0.4, 0.5) is 0 Å². The van der Waals surface area contributed by atoms with E-state index in [0.29, 0.717) is 41.7 Å². The first-order valence-corrected chi connectivity index (χ1v) is 11.6. The van der Waals surface area contributed by atoms with Crippen molar-refractivity contribution >= 4 is 5.91 Å². The summed E-state index contributed by atoms with van der Waals surface area (Å²) >= 11 is 0. The molecule has 35 heavy (non-hydrogen) atoms. The van der Waals surface area contributed by atoms with E-state index in [2.05, 4.69) is 0 Å². The van der Waals surface area contributed by atoms with Crippen molar-refractivity contribution in [2.24, 2.45) is 0 Å². The Kier molecular flexibility index (Phi) is 7.65. The number of hydrogen-bond acceptors (Lipinski definition) is 6. The van der Waals surface area contributed by atoms with E-state index < -0.39 is 6.10 Å². The summed E-state index contributed by atoms with van der Waals surface area (Å²) in [7, 11) is 4.83. The molecule has 0 fully saturated rings. The minimum atomic E-state index is -0.659. The fourth-order valence-corrected chi connectivity index (χ4v) is 4.37. The van der Waals surface area contributed by atoms with Crippen molar-refractivity contribution in [3.05, 3.63) is 77.9 Å². The van der Waals surface area contributed by atoms with Gasteiger partial charge in [0.15, 0.2) is 29.1 Å². The lowest BCUT2D eigenvalue weighted by molar-refractivity contribution is -0.141. The van der Waals surface area contributed by atoms with E-state index in [9.17, 15) is 4.79 Å². The summed E-state index contributed by atoms with van der Waals surface area (Å²) in [5.74, 6) is 3.06. The van der Waals surface area contributed by atoms with Crippen molar-refractivity contribution < 1.29 is 28.5 Å². The Morgan fingerprint density at radius 2 is 1.51 bits per heavy atom. The van der Waals surface area contributed by atoms with Crippen LogP contribution in [0.5, 0.6) is 28.7 Å². The van der Waals surface area contributed by atoms with Gasteiger partial charge in [0.2, 0.25) is 0 Å². The van der Waals surface area contributed by atoms with Gasteiger partial charge in [-0.05, 0) is 60.9 Å². The summed E-state index contributed by atoms with van der Waals surface area (Å²) in [5, 5.41) is 0. The average molecular weight is 478 g/mol. The highest BCUT2D eigenvalue weighted by Gasteiger charge is 2.35. The number of nitrogens with zero attached hydrogens (tertiary/aromatic N) is 1. The zero-order valence-corrected chi connectivity index (χ0v) is 20.5. The van der Waals surface area contributed by atoms with Gasteiger partial charge in [0.05, 0.1) is 27.4 Å². The third kappa shape index (κ3) is 5.29. The molecule has 1 aliphatic heterocycles. The molecule has 0 saturated heterocycles. The van der Waals surface area contributed by atoms with Crippen LogP contribution in [-0.2, 0) is 11.2 Å². The van der Waals surface area contributed by atoms with Gasteiger partial charge in [-0.15, -0.1) is 0 Å². The molecule has 0 N–H and O–H groups in total. The number of hydrogen-bond donors (Lipinski definition) is 0. The molecule has 0 spiro atoms. The van der Waals surface area contributed by atoms with Crippen molar-refractivity contribution in [2.45, 2.75) is 25.5 Å². The smallest absolute Gasteiger partial charge is 0.263 e. The number of benzene rings is 3. The lowest BCUT2D eigenvalue weighted by Crippen LogP contribution is -2.47. The first kappa shape index (κ1) is 24.3. The van der Waals surface area contributed by atoms with Crippen LogP contribution in [-0.4, -0.2) is 51.4 Å². The largest absolute Gasteiger partial charge is 0.493 e. The summed E-state index contributed by atoms with van der Waals surface area (Å²) in [6.45, 7) is 2.55. The summed E-state index contributed by atoms with van der Waals surface area (Å²) in [6, 6.07) is 20.4. The van der Waals surface area contributed by atoms with Crippen LogP contribution in [0.15, 0.2) is 66.7 Å². The van der Waals surface area contributed by atoms with E-state index in [1.165, 1.54) is 0 Å². The maximum atomic E-state index is 13.6. The Bertz CT molecular complexity index is 1150. The summed E-state index contributed by atoms with van der Waals surface area (Å²) in [5.41, 5.74) is 2.06. The fraction of sp³-hybridized carbons (Fsp3) is 0.321. The molecule has 4 rings (SSSR count). The van der Waals surface area contributed by atoms with Gasteiger partial charge in [-0.25, -0.2) is 0 Å². The molecule has 3 aromatic rings. The lowest BCUT2D eigenvalue weighted by atomic mass is 9.91. The third-order valence-electron chi connectivity index (χ3n) is 6.16. The normalized spacial score (nSPS) is 15.5. The van der Waals surface area contributed by atoms with Crippen molar-refractivity contribution in [3.63, 3.8) is 0 Å². The zero-order chi connectivity index (χ0) is 24.8. The molecule has 7 nitrogen and oxygen atoms in total. The highest BCUT2D eigenvalue weighted by Crippen LogP contribution is 2.39. The first-order valence-electron chi connectivity index (χ1n) is 11.6.